The normalized spacial score (nSPS) is 36.7. The zero-order valence-electron chi connectivity index (χ0n) is 7.95. The van der Waals surface area contributed by atoms with Gasteiger partial charge in [0.25, 0.3) is 0 Å². The van der Waals surface area contributed by atoms with Crippen LogP contribution in [0.25, 0.3) is 0 Å². The van der Waals surface area contributed by atoms with Gasteiger partial charge in [0.15, 0.2) is 0 Å². The molecule has 0 aromatic heterocycles. The molecule has 13 heavy (non-hydrogen) atoms. The van der Waals surface area contributed by atoms with Crippen LogP contribution in [-0.4, -0.2) is 53.1 Å². The minimum atomic E-state index is 0.446. The highest BCUT2D eigenvalue weighted by atomic mass is 32.2. The summed E-state index contributed by atoms with van der Waals surface area (Å²) in [5.41, 5.74) is 5.88. The highest BCUT2D eigenvalue weighted by molar-refractivity contribution is 8.06. The molecule has 2 aliphatic rings. The van der Waals surface area contributed by atoms with E-state index < -0.39 is 0 Å². The van der Waals surface area contributed by atoms with Crippen molar-refractivity contribution in [2.75, 3.05) is 36.9 Å². The van der Waals surface area contributed by atoms with Gasteiger partial charge in [-0.05, 0) is 13.0 Å². The molecule has 2 N–H and O–H groups in total. The van der Waals surface area contributed by atoms with Gasteiger partial charge in [-0.25, -0.2) is 0 Å². The summed E-state index contributed by atoms with van der Waals surface area (Å²) in [7, 11) is 0. The second kappa shape index (κ2) is 4.91. The predicted octanol–water partition coefficient (Wildman–Crippen LogP) is 0.868. The molecule has 2 unspecified atom stereocenters. The Labute approximate surface area is 89.0 Å². The molecule has 0 amide bonds. The molecule has 2 rings (SSSR count). The molecular weight excluding hydrogens is 200 g/mol. The first-order valence-electron chi connectivity index (χ1n) is 5.02. The van der Waals surface area contributed by atoms with E-state index in [1.54, 1.807) is 0 Å². The summed E-state index contributed by atoms with van der Waals surface area (Å²) in [4.78, 5) is 2.54. The van der Waals surface area contributed by atoms with E-state index in [1.165, 1.54) is 36.8 Å². The van der Waals surface area contributed by atoms with Crippen molar-refractivity contribution < 1.29 is 0 Å². The van der Waals surface area contributed by atoms with Gasteiger partial charge in [0.2, 0.25) is 0 Å². The molecule has 0 saturated carbocycles. The van der Waals surface area contributed by atoms with Crippen LogP contribution in [0.3, 0.4) is 0 Å². The van der Waals surface area contributed by atoms with Crippen LogP contribution >= 0.6 is 23.5 Å². The lowest BCUT2D eigenvalue weighted by Crippen LogP contribution is -2.34. The quantitative estimate of drug-likeness (QED) is 0.745. The molecule has 0 aliphatic carbocycles. The first-order chi connectivity index (χ1) is 6.34. The number of likely N-dealkylation sites (tertiary alicyclic amines) is 1. The number of hydrogen-bond acceptors (Lipinski definition) is 4. The van der Waals surface area contributed by atoms with E-state index in [1.807, 2.05) is 0 Å². The summed E-state index contributed by atoms with van der Waals surface area (Å²) in [6, 6.07) is 0.446. The van der Waals surface area contributed by atoms with E-state index in [9.17, 15) is 0 Å². The molecule has 0 radical (unpaired) electrons. The van der Waals surface area contributed by atoms with Gasteiger partial charge in [-0.3, -0.25) is 0 Å². The number of nitrogens with zero attached hydrogens (tertiary/aromatic N) is 1. The van der Waals surface area contributed by atoms with Crippen molar-refractivity contribution in [3.05, 3.63) is 0 Å². The molecule has 0 bridgehead atoms. The van der Waals surface area contributed by atoms with E-state index >= 15 is 0 Å². The Balaban J connectivity index is 1.71. The second-order valence-electron chi connectivity index (χ2n) is 3.88. The maximum atomic E-state index is 5.88. The summed E-state index contributed by atoms with van der Waals surface area (Å²) in [5.74, 6) is 4.03. The van der Waals surface area contributed by atoms with Gasteiger partial charge in [-0.1, -0.05) is 0 Å². The molecule has 2 heterocycles. The van der Waals surface area contributed by atoms with Crippen molar-refractivity contribution in [3.8, 4) is 0 Å². The number of rotatable bonds is 2. The Morgan fingerprint density at radius 2 is 2.31 bits per heavy atom. The van der Waals surface area contributed by atoms with Crippen LogP contribution in [0.2, 0.25) is 0 Å². The first-order valence-corrected chi connectivity index (χ1v) is 7.22. The van der Waals surface area contributed by atoms with E-state index in [0.29, 0.717) is 6.04 Å². The van der Waals surface area contributed by atoms with Crippen LogP contribution in [0.1, 0.15) is 6.42 Å². The molecule has 4 heteroatoms. The van der Waals surface area contributed by atoms with Crippen molar-refractivity contribution in [1.29, 1.82) is 0 Å². The highest BCUT2D eigenvalue weighted by Crippen LogP contribution is 2.25. The van der Waals surface area contributed by atoms with E-state index in [0.717, 1.165) is 11.8 Å². The third kappa shape index (κ3) is 3.05. The third-order valence-corrected chi connectivity index (χ3v) is 5.48. The van der Waals surface area contributed by atoms with Crippen molar-refractivity contribution in [2.24, 2.45) is 5.73 Å². The van der Waals surface area contributed by atoms with Crippen molar-refractivity contribution in [1.82, 2.24) is 4.90 Å². The van der Waals surface area contributed by atoms with Crippen LogP contribution < -0.4 is 5.73 Å². The fourth-order valence-electron chi connectivity index (χ4n) is 1.96. The monoisotopic (exact) mass is 218 g/mol. The van der Waals surface area contributed by atoms with Gasteiger partial charge in [-0.15, -0.1) is 0 Å². The summed E-state index contributed by atoms with van der Waals surface area (Å²) in [5, 5.41) is 0.865. The highest BCUT2D eigenvalue weighted by Gasteiger charge is 2.23. The second-order valence-corrected chi connectivity index (χ2v) is 6.43. The molecule has 2 atom stereocenters. The Hall–Kier alpha value is 0.620. The van der Waals surface area contributed by atoms with E-state index in [4.69, 9.17) is 5.73 Å². The number of thioether (sulfide) groups is 2. The van der Waals surface area contributed by atoms with Crippen LogP contribution in [0.15, 0.2) is 0 Å². The predicted molar refractivity (Wildman–Crippen MR) is 62.6 cm³/mol. The van der Waals surface area contributed by atoms with Gasteiger partial charge in [0.05, 0.1) is 0 Å². The maximum absolute atomic E-state index is 5.88. The lowest BCUT2D eigenvalue weighted by Gasteiger charge is -2.25. The topological polar surface area (TPSA) is 29.3 Å². The van der Waals surface area contributed by atoms with Crippen LogP contribution in [-0.2, 0) is 0 Å². The van der Waals surface area contributed by atoms with Gasteiger partial charge >= 0.3 is 0 Å². The van der Waals surface area contributed by atoms with Gasteiger partial charge in [0.1, 0.15) is 0 Å². The van der Waals surface area contributed by atoms with Gasteiger partial charge < -0.3 is 10.6 Å². The minimum Gasteiger partial charge on any atom is -0.326 e. The Bertz CT molecular complexity index is 157. The fraction of sp³-hybridized carbons (Fsp3) is 1.00. The molecule has 2 aliphatic heterocycles. The largest absolute Gasteiger partial charge is 0.326 e. The zero-order chi connectivity index (χ0) is 9.10. The van der Waals surface area contributed by atoms with Crippen LogP contribution in [0.5, 0.6) is 0 Å². The lowest BCUT2D eigenvalue weighted by atomic mass is 10.3. The fourth-order valence-corrected chi connectivity index (χ4v) is 4.67. The zero-order valence-corrected chi connectivity index (χ0v) is 9.58. The summed E-state index contributed by atoms with van der Waals surface area (Å²) < 4.78 is 0. The molecule has 2 fully saturated rings. The average molecular weight is 218 g/mol. The van der Waals surface area contributed by atoms with Crippen LogP contribution in [0, 0.1) is 0 Å². The SMILES string of the molecule is NC1CCN(CC2CSCCS2)C1. The molecule has 76 valence electrons. The van der Waals surface area contributed by atoms with E-state index in [-0.39, 0.29) is 0 Å². The van der Waals surface area contributed by atoms with E-state index in [2.05, 4.69) is 28.4 Å². The Kier molecular flexibility index (Phi) is 3.84. The molecule has 0 aromatic rings. The maximum Gasteiger partial charge on any atom is 0.0265 e. The number of nitrogens with two attached hydrogens (primary N) is 1. The summed E-state index contributed by atoms with van der Waals surface area (Å²) >= 11 is 4.26. The molecule has 2 saturated heterocycles. The summed E-state index contributed by atoms with van der Waals surface area (Å²) in [6.45, 7) is 3.62. The minimum absolute atomic E-state index is 0.446. The summed E-state index contributed by atoms with van der Waals surface area (Å²) in [6.07, 6.45) is 1.20. The average Bonchev–Trinajstić information content (AvgIpc) is 2.53. The molecular formula is C9H18N2S2. The van der Waals surface area contributed by atoms with Crippen LogP contribution in [0.4, 0.5) is 0 Å². The van der Waals surface area contributed by atoms with Gasteiger partial charge in [0, 0.05) is 41.6 Å². The Morgan fingerprint density at radius 1 is 1.38 bits per heavy atom. The number of hydrogen-bond donors (Lipinski definition) is 1. The lowest BCUT2D eigenvalue weighted by molar-refractivity contribution is 0.340. The third-order valence-electron chi connectivity index (χ3n) is 2.66. The molecule has 2 nitrogen and oxygen atoms in total. The molecule has 0 aromatic carbocycles. The molecule has 0 spiro atoms. The smallest absolute Gasteiger partial charge is 0.0265 e. The van der Waals surface area contributed by atoms with Crippen molar-refractivity contribution in [3.63, 3.8) is 0 Å². The van der Waals surface area contributed by atoms with Gasteiger partial charge in [-0.2, -0.15) is 23.5 Å². The van der Waals surface area contributed by atoms with Crippen molar-refractivity contribution in [2.45, 2.75) is 17.7 Å². The Morgan fingerprint density at radius 3 is 2.92 bits per heavy atom. The van der Waals surface area contributed by atoms with Crippen molar-refractivity contribution >= 4 is 23.5 Å². The standard InChI is InChI=1S/C9H18N2S2/c10-8-1-2-11(5-8)6-9-7-12-3-4-13-9/h8-9H,1-7,10H2. The first kappa shape index (κ1) is 10.1.